The Morgan fingerprint density at radius 1 is 1.06 bits per heavy atom. The highest BCUT2D eigenvalue weighted by Crippen LogP contribution is 2.43. The van der Waals surface area contributed by atoms with Crippen molar-refractivity contribution in [3.63, 3.8) is 0 Å². The molecule has 5 rings (SSSR count). The molecule has 3 heterocycles. The van der Waals surface area contributed by atoms with E-state index in [1.807, 2.05) is 41.3 Å². The summed E-state index contributed by atoms with van der Waals surface area (Å²) in [6, 6.07) is 20.5. The number of nitrogens with zero attached hydrogens (tertiary/aromatic N) is 2. The number of aromatic carboxylic acids is 1. The van der Waals surface area contributed by atoms with Crippen LogP contribution in [0.15, 0.2) is 83.4 Å². The maximum Gasteiger partial charge on any atom is 0.335 e. The van der Waals surface area contributed by atoms with Crippen molar-refractivity contribution < 1.29 is 14.3 Å². The summed E-state index contributed by atoms with van der Waals surface area (Å²) in [5, 5.41) is 14.3. The van der Waals surface area contributed by atoms with E-state index < -0.39 is 5.97 Å². The minimum atomic E-state index is -1.04. The number of benzene rings is 2. The molecule has 2 aromatic heterocycles. The topological polar surface area (TPSA) is 78.6 Å². The molecule has 2 N–H and O–H groups in total. The smallest absolute Gasteiger partial charge is 0.335 e. The summed E-state index contributed by atoms with van der Waals surface area (Å²) in [6.07, 6.45) is 1.73. The molecule has 34 heavy (non-hydrogen) atoms. The Balaban J connectivity index is 1.61. The molecule has 4 aromatic rings. The van der Waals surface area contributed by atoms with Gasteiger partial charge >= 0.3 is 5.97 Å². The Morgan fingerprint density at radius 2 is 1.85 bits per heavy atom. The molecule has 0 bridgehead atoms. The number of thiocarbonyl (C=S) groups is 1. The fraction of sp³-hybridized carbons (Fsp3) is 0.0800. The number of halogens is 2. The van der Waals surface area contributed by atoms with Crippen LogP contribution in [0.4, 0.5) is 5.69 Å². The van der Waals surface area contributed by atoms with E-state index in [0.717, 1.165) is 11.4 Å². The summed E-state index contributed by atoms with van der Waals surface area (Å²) in [5.41, 5.74) is 2.26. The molecular weight excluding hydrogens is 493 g/mol. The highest BCUT2D eigenvalue weighted by atomic mass is 35.5. The fourth-order valence-electron chi connectivity index (χ4n) is 4.03. The molecule has 6 nitrogen and oxygen atoms in total. The zero-order valence-electron chi connectivity index (χ0n) is 17.5. The fourth-order valence-corrected chi connectivity index (χ4v) is 4.71. The molecule has 2 aromatic carbocycles. The van der Waals surface area contributed by atoms with E-state index in [4.69, 9.17) is 39.8 Å². The summed E-state index contributed by atoms with van der Waals surface area (Å²) in [5.74, 6) is 0.0284. The standard InChI is InChI=1S/C25H17Cl2N3O3S/c26-15-5-7-16(8-6-15)30-23(22(29-25(30)34)19-3-1-2-12-28-19)21-11-10-20(33-21)17-13-14(24(31)32)4-9-18(17)27/h1-13,22-23H,(H,29,34)(H,31,32)/t22-,23-/m0/s1. The number of furan rings is 1. The number of carboxylic acids is 1. The highest BCUT2D eigenvalue weighted by molar-refractivity contribution is 7.80. The minimum absolute atomic E-state index is 0.121. The second-order valence-electron chi connectivity index (χ2n) is 7.67. The lowest BCUT2D eigenvalue weighted by molar-refractivity contribution is 0.0697. The van der Waals surface area contributed by atoms with Crippen molar-refractivity contribution in [3.8, 4) is 11.3 Å². The number of rotatable bonds is 5. The number of aromatic nitrogens is 1. The third kappa shape index (κ3) is 4.14. The molecule has 1 saturated heterocycles. The number of pyridine rings is 1. The molecule has 0 radical (unpaired) electrons. The number of anilines is 1. The van der Waals surface area contributed by atoms with Crippen molar-refractivity contribution in [2.24, 2.45) is 0 Å². The van der Waals surface area contributed by atoms with Gasteiger partial charge in [-0.3, -0.25) is 4.98 Å². The Kier molecular flexibility index (Phi) is 6.00. The van der Waals surface area contributed by atoms with Crippen LogP contribution in [-0.2, 0) is 0 Å². The van der Waals surface area contributed by atoms with Gasteiger partial charge < -0.3 is 19.7 Å². The Hall–Kier alpha value is -3.39. The van der Waals surface area contributed by atoms with Crippen molar-refractivity contribution >= 4 is 52.2 Å². The summed E-state index contributed by atoms with van der Waals surface area (Å²) in [4.78, 5) is 17.9. The highest BCUT2D eigenvalue weighted by Gasteiger charge is 2.42. The van der Waals surface area contributed by atoms with Gasteiger partial charge in [0.05, 0.1) is 22.3 Å². The van der Waals surface area contributed by atoms with E-state index in [2.05, 4.69) is 10.3 Å². The molecule has 0 amide bonds. The molecule has 0 unspecified atom stereocenters. The molecule has 170 valence electrons. The van der Waals surface area contributed by atoms with E-state index in [1.54, 1.807) is 30.5 Å². The Morgan fingerprint density at radius 3 is 2.56 bits per heavy atom. The number of carbonyl (C=O) groups is 1. The maximum atomic E-state index is 11.5. The van der Waals surface area contributed by atoms with Gasteiger partial charge in [0.25, 0.3) is 0 Å². The normalized spacial score (nSPS) is 17.6. The molecule has 2 atom stereocenters. The van der Waals surface area contributed by atoms with Crippen LogP contribution < -0.4 is 10.2 Å². The van der Waals surface area contributed by atoms with Gasteiger partial charge in [0.2, 0.25) is 0 Å². The van der Waals surface area contributed by atoms with Crippen molar-refractivity contribution in [3.05, 3.63) is 106 Å². The quantitative estimate of drug-likeness (QED) is 0.296. The predicted molar refractivity (Wildman–Crippen MR) is 135 cm³/mol. The van der Waals surface area contributed by atoms with Gasteiger partial charge in [-0.05, 0) is 78.9 Å². The van der Waals surface area contributed by atoms with E-state index in [9.17, 15) is 9.90 Å². The van der Waals surface area contributed by atoms with Crippen molar-refractivity contribution in [1.29, 1.82) is 0 Å². The van der Waals surface area contributed by atoms with Crippen LogP contribution in [0.1, 0.15) is 33.9 Å². The van der Waals surface area contributed by atoms with E-state index in [-0.39, 0.29) is 17.6 Å². The van der Waals surface area contributed by atoms with Crippen LogP contribution in [0.3, 0.4) is 0 Å². The van der Waals surface area contributed by atoms with Gasteiger partial charge in [0.1, 0.15) is 17.6 Å². The zero-order valence-corrected chi connectivity index (χ0v) is 19.8. The predicted octanol–water partition coefficient (Wildman–Crippen LogP) is 6.52. The Bertz CT molecular complexity index is 1380. The number of nitrogens with one attached hydrogen (secondary N) is 1. The molecule has 1 aliphatic rings. The monoisotopic (exact) mass is 509 g/mol. The van der Waals surface area contributed by atoms with E-state index in [0.29, 0.717) is 32.2 Å². The van der Waals surface area contributed by atoms with Crippen LogP contribution in [0.2, 0.25) is 10.0 Å². The molecule has 1 aliphatic heterocycles. The van der Waals surface area contributed by atoms with Crippen LogP contribution in [-0.4, -0.2) is 21.2 Å². The zero-order chi connectivity index (χ0) is 23.8. The average Bonchev–Trinajstić information content (AvgIpc) is 3.45. The van der Waals surface area contributed by atoms with Gasteiger partial charge in [-0.1, -0.05) is 29.3 Å². The molecule has 0 saturated carbocycles. The third-order valence-electron chi connectivity index (χ3n) is 5.60. The summed E-state index contributed by atoms with van der Waals surface area (Å²) in [6.45, 7) is 0. The van der Waals surface area contributed by atoms with Gasteiger partial charge in [0.15, 0.2) is 5.11 Å². The summed E-state index contributed by atoms with van der Waals surface area (Å²) in [7, 11) is 0. The van der Waals surface area contributed by atoms with Crippen molar-refractivity contribution in [2.75, 3.05) is 4.90 Å². The lowest BCUT2D eigenvalue weighted by Crippen LogP contribution is -2.29. The summed E-state index contributed by atoms with van der Waals surface area (Å²) >= 11 is 18.2. The lowest BCUT2D eigenvalue weighted by atomic mass is 10.0. The summed E-state index contributed by atoms with van der Waals surface area (Å²) < 4.78 is 6.27. The molecule has 0 aliphatic carbocycles. The van der Waals surface area contributed by atoms with Gasteiger partial charge in [-0.25, -0.2) is 4.79 Å². The lowest BCUT2D eigenvalue weighted by Gasteiger charge is -2.26. The van der Waals surface area contributed by atoms with Crippen LogP contribution in [0.25, 0.3) is 11.3 Å². The number of hydrogen-bond acceptors (Lipinski definition) is 4. The molecule has 1 fully saturated rings. The molecular formula is C25H17Cl2N3O3S. The van der Waals surface area contributed by atoms with E-state index in [1.165, 1.54) is 12.1 Å². The minimum Gasteiger partial charge on any atom is -0.478 e. The van der Waals surface area contributed by atoms with Crippen molar-refractivity contribution in [2.45, 2.75) is 12.1 Å². The second-order valence-corrected chi connectivity index (χ2v) is 8.91. The number of hydrogen-bond donors (Lipinski definition) is 2. The molecule has 0 spiro atoms. The molecule has 9 heteroatoms. The first-order valence-corrected chi connectivity index (χ1v) is 11.5. The first kappa shape index (κ1) is 22.4. The van der Waals surface area contributed by atoms with Crippen LogP contribution in [0, 0.1) is 0 Å². The second kappa shape index (κ2) is 9.10. The van der Waals surface area contributed by atoms with E-state index >= 15 is 0 Å². The van der Waals surface area contributed by atoms with Gasteiger partial charge in [-0.15, -0.1) is 0 Å². The maximum absolute atomic E-state index is 11.5. The first-order chi connectivity index (χ1) is 16.4. The largest absolute Gasteiger partial charge is 0.478 e. The Labute approximate surface area is 210 Å². The van der Waals surface area contributed by atoms with Gasteiger partial charge in [-0.2, -0.15) is 0 Å². The van der Waals surface area contributed by atoms with Crippen LogP contribution in [0.5, 0.6) is 0 Å². The van der Waals surface area contributed by atoms with Crippen molar-refractivity contribution in [1.82, 2.24) is 10.3 Å². The third-order valence-corrected chi connectivity index (χ3v) is 6.50. The van der Waals surface area contributed by atoms with Gasteiger partial charge in [0, 0.05) is 22.5 Å². The average molecular weight is 510 g/mol. The first-order valence-electron chi connectivity index (χ1n) is 10.3. The number of carboxylic acid groups (broad SMARTS) is 1. The SMILES string of the molecule is O=C(O)c1ccc(Cl)c(-c2ccc([C@H]3[C@H](c4ccccn4)NC(=S)N3c3ccc(Cl)cc3)o2)c1. The van der Waals surface area contributed by atoms with Crippen LogP contribution >= 0.6 is 35.4 Å².